The van der Waals surface area contributed by atoms with Crippen molar-refractivity contribution in [3.05, 3.63) is 11.6 Å². The molecule has 1 unspecified atom stereocenters. The molecule has 9 heavy (non-hydrogen) atoms. The molecule has 1 aliphatic heterocycles. The van der Waals surface area contributed by atoms with E-state index in [2.05, 4.69) is 16.5 Å². The maximum atomic E-state index is 5.75. The van der Waals surface area contributed by atoms with Crippen molar-refractivity contribution in [2.75, 3.05) is 0 Å². The maximum Gasteiger partial charge on any atom is 0.129 e. The third-order valence-corrected chi connectivity index (χ3v) is 2.51. The molecule has 0 amide bonds. The van der Waals surface area contributed by atoms with Crippen LogP contribution in [0.5, 0.6) is 0 Å². The Hall–Kier alpha value is -0.150. The van der Waals surface area contributed by atoms with Crippen molar-refractivity contribution in [1.29, 1.82) is 0 Å². The van der Waals surface area contributed by atoms with Crippen molar-refractivity contribution < 1.29 is 0 Å². The molecule has 0 aromatic carbocycles. The van der Waals surface area contributed by atoms with E-state index in [1.54, 1.807) is 11.8 Å². The molecule has 1 fully saturated rings. The standard InChI is InChI=1S/C6H10N2S/c7-6-8(3-4-9-6)5-1-2-5/h3-6H,1-2,7H2. The van der Waals surface area contributed by atoms with Crippen LogP contribution in [0.3, 0.4) is 0 Å². The van der Waals surface area contributed by atoms with Crippen molar-refractivity contribution in [3.8, 4) is 0 Å². The highest BCUT2D eigenvalue weighted by atomic mass is 32.2. The van der Waals surface area contributed by atoms with Crippen LogP contribution in [0.4, 0.5) is 0 Å². The minimum absolute atomic E-state index is 0.206. The lowest BCUT2D eigenvalue weighted by Gasteiger charge is -2.19. The van der Waals surface area contributed by atoms with Crippen molar-refractivity contribution in [1.82, 2.24) is 4.90 Å². The summed E-state index contributed by atoms with van der Waals surface area (Å²) in [5.74, 6) is 0. The normalized spacial score (nSPS) is 33.9. The first-order valence-corrected chi connectivity index (χ1v) is 4.17. The average Bonchev–Trinajstić information content (AvgIpc) is 2.58. The second kappa shape index (κ2) is 1.92. The molecule has 0 saturated heterocycles. The lowest BCUT2D eigenvalue weighted by molar-refractivity contribution is 0.357. The van der Waals surface area contributed by atoms with Gasteiger partial charge in [-0.2, -0.15) is 0 Å². The van der Waals surface area contributed by atoms with Gasteiger partial charge < -0.3 is 10.6 Å². The Labute approximate surface area is 59.1 Å². The zero-order chi connectivity index (χ0) is 6.27. The van der Waals surface area contributed by atoms with Gasteiger partial charge in [-0.3, -0.25) is 0 Å². The third-order valence-electron chi connectivity index (χ3n) is 1.71. The van der Waals surface area contributed by atoms with Gasteiger partial charge in [0.2, 0.25) is 0 Å². The number of hydrogen-bond acceptors (Lipinski definition) is 3. The molecule has 0 bridgehead atoms. The van der Waals surface area contributed by atoms with Crippen LogP contribution < -0.4 is 5.73 Å². The van der Waals surface area contributed by atoms with E-state index in [0.29, 0.717) is 0 Å². The molecule has 3 heteroatoms. The van der Waals surface area contributed by atoms with Crippen LogP contribution in [0.1, 0.15) is 12.8 Å². The number of nitrogens with two attached hydrogens (primary N) is 1. The van der Waals surface area contributed by atoms with Crippen LogP contribution in [-0.2, 0) is 0 Å². The van der Waals surface area contributed by atoms with Gasteiger partial charge in [0.1, 0.15) is 5.50 Å². The largest absolute Gasteiger partial charge is 0.350 e. The summed E-state index contributed by atoms with van der Waals surface area (Å²) in [6, 6.07) is 0.770. The van der Waals surface area contributed by atoms with E-state index in [9.17, 15) is 0 Å². The third kappa shape index (κ3) is 0.946. The summed E-state index contributed by atoms with van der Waals surface area (Å²) in [5.41, 5.74) is 5.95. The molecular formula is C6H10N2S. The summed E-state index contributed by atoms with van der Waals surface area (Å²) < 4.78 is 0. The topological polar surface area (TPSA) is 29.3 Å². The fraction of sp³-hybridized carbons (Fsp3) is 0.667. The Morgan fingerprint density at radius 3 is 2.78 bits per heavy atom. The lowest BCUT2D eigenvalue weighted by atomic mass is 10.6. The van der Waals surface area contributed by atoms with Gasteiger partial charge in [-0.1, -0.05) is 11.8 Å². The van der Waals surface area contributed by atoms with Crippen LogP contribution in [-0.4, -0.2) is 16.4 Å². The summed E-state index contributed by atoms with van der Waals surface area (Å²) in [4.78, 5) is 2.24. The van der Waals surface area contributed by atoms with Gasteiger partial charge in [-0.15, -0.1) is 0 Å². The van der Waals surface area contributed by atoms with Crippen molar-refractivity contribution in [2.24, 2.45) is 5.73 Å². The fourth-order valence-corrected chi connectivity index (χ4v) is 1.80. The molecule has 2 rings (SSSR count). The summed E-state index contributed by atoms with van der Waals surface area (Å²) in [7, 11) is 0. The zero-order valence-corrected chi connectivity index (χ0v) is 5.97. The zero-order valence-electron chi connectivity index (χ0n) is 5.16. The van der Waals surface area contributed by atoms with Gasteiger partial charge in [-0.05, 0) is 18.2 Å². The smallest absolute Gasteiger partial charge is 0.129 e. The molecule has 0 aromatic heterocycles. The Balaban J connectivity index is 2.01. The first-order valence-electron chi connectivity index (χ1n) is 3.23. The highest BCUT2D eigenvalue weighted by Gasteiger charge is 2.32. The monoisotopic (exact) mass is 142 g/mol. The van der Waals surface area contributed by atoms with Crippen molar-refractivity contribution in [2.45, 2.75) is 24.4 Å². The summed E-state index contributed by atoms with van der Waals surface area (Å²) >= 11 is 1.70. The first-order chi connectivity index (χ1) is 4.38. The predicted octanol–water partition coefficient (Wildman–Crippen LogP) is 0.911. The molecule has 1 heterocycles. The van der Waals surface area contributed by atoms with Crippen LogP contribution in [0.15, 0.2) is 11.6 Å². The molecule has 0 aromatic rings. The maximum absolute atomic E-state index is 5.75. The summed E-state index contributed by atoms with van der Waals surface area (Å²) in [5, 5.41) is 2.07. The van der Waals surface area contributed by atoms with E-state index in [1.807, 2.05) is 0 Å². The lowest BCUT2D eigenvalue weighted by Crippen LogP contribution is -2.33. The van der Waals surface area contributed by atoms with E-state index in [4.69, 9.17) is 5.73 Å². The number of nitrogens with zero attached hydrogens (tertiary/aromatic N) is 1. The van der Waals surface area contributed by atoms with Gasteiger partial charge in [0.15, 0.2) is 0 Å². The number of thioether (sulfide) groups is 1. The van der Waals surface area contributed by atoms with Crippen LogP contribution in [0, 0.1) is 0 Å². The molecule has 2 aliphatic rings. The van der Waals surface area contributed by atoms with Crippen LogP contribution >= 0.6 is 11.8 Å². The Kier molecular flexibility index (Phi) is 1.20. The molecule has 0 radical (unpaired) electrons. The van der Waals surface area contributed by atoms with Gasteiger partial charge >= 0.3 is 0 Å². The quantitative estimate of drug-likeness (QED) is 0.590. The Bertz CT molecular complexity index is 142. The van der Waals surface area contributed by atoms with E-state index in [1.165, 1.54) is 12.8 Å². The van der Waals surface area contributed by atoms with E-state index in [-0.39, 0.29) is 5.50 Å². The Morgan fingerprint density at radius 2 is 2.33 bits per heavy atom. The second-order valence-electron chi connectivity index (χ2n) is 2.49. The highest BCUT2D eigenvalue weighted by molar-refractivity contribution is 8.02. The molecule has 2 nitrogen and oxygen atoms in total. The van der Waals surface area contributed by atoms with Gasteiger partial charge in [-0.25, -0.2) is 0 Å². The van der Waals surface area contributed by atoms with Crippen LogP contribution in [0.2, 0.25) is 0 Å². The first kappa shape index (κ1) is 5.62. The van der Waals surface area contributed by atoms with E-state index in [0.717, 1.165) is 6.04 Å². The van der Waals surface area contributed by atoms with Gasteiger partial charge in [0, 0.05) is 12.2 Å². The Morgan fingerprint density at radius 1 is 1.56 bits per heavy atom. The van der Waals surface area contributed by atoms with Gasteiger partial charge in [0.05, 0.1) is 0 Å². The molecule has 1 aliphatic carbocycles. The molecule has 1 saturated carbocycles. The molecule has 1 atom stereocenters. The van der Waals surface area contributed by atoms with Crippen molar-refractivity contribution >= 4 is 11.8 Å². The van der Waals surface area contributed by atoms with E-state index >= 15 is 0 Å². The minimum Gasteiger partial charge on any atom is -0.350 e. The fourth-order valence-electron chi connectivity index (χ4n) is 1.04. The average molecular weight is 142 g/mol. The van der Waals surface area contributed by atoms with Crippen LogP contribution in [0.25, 0.3) is 0 Å². The number of rotatable bonds is 1. The molecule has 2 N–H and O–H groups in total. The molecule has 50 valence electrons. The summed E-state index contributed by atoms with van der Waals surface area (Å²) in [6.45, 7) is 0. The second-order valence-corrected chi connectivity index (χ2v) is 3.52. The van der Waals surface area contributed by atoms with Crippen molar-refractivity contribution in [3.63, 3.8) is 0 Å². The highest BCUT2D eigenvalue weighted by Crippen LogP contribution is 2.34. The van der Waals surface area contributed by atoms with Gasteiger partial charge in [0.25, 0.3) is 0 Å². The predicted molar refractivity (Wildman–Crippen MR) is 39.6 cm³/mol. The summed E-state index contributed by atoms with van der Waals surface area (Å²) in [6.07, 6.45) is 4.77. The minimum atomic E-state index is 0.206. The van der Waals surface area contributed by atoms with E-state index < -0.39 is 0 Å². The molecule has 0 spiro atoms. The SMILES string of the molecule is NC1SC=CN1C1CC1. The molecular weight excluding hydrogens is 132 g/mol. The number of hydrogen-bond donors (Lipinski definition) is 1.